The van der Waals surface area contributed by atoms with Crippen LogP contribution in [0.15, 0.2) is 24.5 Å². The lowest BCUT2D eigenvalue weighted by Gasteiger charge is -2.25. The number of rotatable bonds is 5. The first-order valence-electron chi connectivity index (χ1n) is 7.93. The lowest BCUT2D eigenvalue weighted by molar-refractivity contribution is 0.397. The van der Waals surface area contributed by atoms with Gasteiger partial charge in [0.2, 0.25) is 17.8 Å². The Labute approximate surface area is 142 Å². The number of methoxy groups -OCH3 is 1. The zero-order valence-electron chi connectivity index (χ0n) is 14.5. The van der Waals surface area contributed by atoms with Gasteiger partial charge in [-0.3, -0.25) is 0 Å². The largest absolute Gasteiger partial charge is 0.481 e. The van der Waals surface area contributed by atoms with Gasteiger partial charge in [0, 0.05) is 52.7 Å². The first-order valence-corrected chi connectivity index (χ1v) is 7.93. The van der Waals surface area contributed by atoms with Gasteiger partial charge in [0.1, 0.15) is 5.82 Å². The fraction of sp³-hybridized carbons (Fsp3) is 0.500. The number of aromatic nitrogens is 4. The Morgan fingerprint density at radius 1 is 1.12 bits per heavy atom. The molecule has 2 aromatic rings. The number of likely N-dealkylation sites (N-methyl/N-ethyl adjacent to an activating group) is 1. The quantitative estimate of drug-likeness (QED) is 0.806. The van der Waals surface area contributed by atoms with Crippen molar-refractivity contribution in [3.05, 3.63) is 24.5 Å². The van der Waals surface area contributed by atoms with Crippen molar-refractivity contribution >= 4 is 17.7 Å². The van der Waals surface area contributed by atoms with Crippen LogP contribution in [0.4, 0.5) is 17.7 Å². The van der Waals surface area contributed by atoms with E-state index in [0.717, 1.165) is 31.3 Å². The van der Waals surface area contributed by atoms with Crippen LogP contribution in [0.5, 0.6) is 5.88 Å². The SMILES string of the molecule is COc1ccnc(N2CCC(N(C)c3nccc(N(C)C)n3)C2)n1. The summed E-state index contributed by atoms with van der Waals surface area (Å²) in [7, 11) is 7.60. The number of hydrogen-bond acceptors (Lipinski definition) is 8. The van der Waals surface area contributed by atoms with Crippen LogP contribution < -0.4 is 19.4 Å². The van der Waals surface area contributed by atoms with E-state index >= 15 is 0 Å². The topological polar surface area (TPSA) is 70.5 Å². The lowest BCUT2D eigenvalue weighted by atomic mass is 10.2. The number of anilines is 3. The average Bonchev–Trinajstić information content (AvgIpc) is 3.11. The number of hydrogen-bond donors (Lipinski definition) is 0. The zero-order chi connectivity index (χ0) is 17.1. The Hall–Kier alpha value is -2.64. The lowest BCUT2D eigenvalue weighted by Crippen LogP contribution is -2.36. The van der Waals surface area contributed by atoms with Gasteiger partial charge >= 0.3 is 0 Å². The summed E-state index contributed by atoms with van der Waals surface area (Å²) in [5.41, 5.74) is 0. The van der Waals surface area contributed by atoms with Gasteiger partial charge in [-0.1, -0.05) is 0 Å². The molecular weight excluding hydrogens is 306 g/mol. The van der Waals surface area contributed by atoms with Crippen molar-refractivity contribution in [2.45, 2.75) is 12.5 Å². The summed E-state index contributed by atoms with van der Waals surface area (Å²) in [5.74, 6) is 2.92. The second kappa shape index (κ2) is 6.86. The van der Waals surface area contributed by atoms with Crippen molar-refractivity contribution in [2.75, 3.05) is 56.0 Å². The summed E-state index contributed by atoms with van der Waals surface area (Å²) < 4.78 is 5.18. The molecule has 24 heavy (non-hydrogen) atoms. The molecule has 0 saturated carbocycles. The maximum atomic E-state index is 5.18. The molecule has 8 nitrogen and oxygen atoms in total. The molecule has 128 valence electrons. The molecule has 1 aliphatic rings. The molecule has 0 spiro atoms. The normalized spacial score (nSPS) is 17.0. The van der Waals surface area contributed by atoms with Crippen LogP contribution in [0.1, 0.15) is 6.42 Å². The van der Waals surface area contributed by atoms with Crippen molar-refractivity contribution in [2.24, 2.45) is 0 Å². The first-order chi connectivity index (χ1) is 11.6. The maximum absolute atomic E-state index is 5.18. The van der Waals surface area contributed by atoms with E-state index in [0.29, 0.717) is 17.9 Å². The fourth-order valence-corrected chi connectivity index (χ4v) is 2.76. The second-order valence-electron chi connectivity index (χ2n) is 6.01. The Bertz CT molecular complexity index is 694. The molecule has 1 fully saturated rings. The van der Waals surface area contributed by atoms with Crippen molar-refractivity contribution in [1.82, 2.24) is 19.9 Å². The molecule has 1 saturated heterocycles. The Balaban J connectivity index is 1.71. The van der Waals surface area contributed by atoms with Crippen molar-refractivity contribution in [3.63, 3.8) is 0 Å². The van der Waals surface area contributed by atoms with Crippen LogP contribution in [0.2, 0.25) is 0 Å². The summed E-state index contributed by atoms with van der Waals surface area (Å²) in [6.45, 7) is 1.73. The minimum Gasteiger partial charge on any atom is -0.481 e. The third-order valence-corrected chi connectivity index (χ3v) is 4.22. The minimum atomic E-state index is 0.317. The molecule has 8 heteroatoms. The van der Waals surface area contributed by atoms with Crippen LogP contribution in [0.3, 0.4) is 0 Å². The second-order valence-corrected chi connectivity index (χ2v) is 6.01. The molecule has 0 radical (unpaired) electrons. The van der Waals surface area contributed by atoms with Crippen molar-refractivity contribution in [3.8, 4) is 5.88 Å². The van der Waals surface area contributed by atoms with E-state index in [4.69, 9.17) is 4.74 Å². The maximum Gasteiger partial charge on any atom is 0.228 e. The van der Waals surface area contributed by atoms with Gasteiger partial charge in [0.05, 0.1) is 13.2 Å². The molecular formula is C16H23N7O. The third kappa shape index (κ3) is 3.32. The zero-order valence-corrected chi connectivity index (χ0v) is 14.5. The van der Waals surface area contributed by atoms with E-state index in [1.165, 1.54) is 0 Å². The van der Waals surface area contributed by atoms with E-state index in [2.05, 4.69) is 29.7 Å². The molecule has 1 aliphatic heterocycles. The van der Waals surface area contributed by atoms with E-state index in [1.807, 2.05) is 32.1 Å². The predicted octanol–water partition coefficient (Wildman–Crippen LogP) is 1.06. The van der Waals surface area contributed by atoms with Crippen LogP contribution in [0.25, 0.3) is 0 Å². The standard InChI is InChI=1S/C16H23N7O/c1-21(2)13-5-8-17-15(19-13)22(3)12-7-10-23(11-12)16-18-9-6-14(20-16)24-4/h5-6,8-9,12H,7,10-11H2,1-4H3. The molecule has 3 heterocycles. The molecule has 0 aromatic carbocycles. The predicted molar refractivity (Wildman–Crippen MR) is 94.0 cm³/mol. The molecule has 0 bridgehead atoms. The molecule has 2 aromatic heterocycles. The Morgan fingerprint density at radius 3 is 2.67 bits per heavy atom. The smallest absolute Gasteiger partial charge is 0.228 e. The van der Waals surface area contributed by atoms with Gasteiger partial charge in [0.25, 0.3) is 0 Å². The highest BCUT2D eigenvalue weighted by Gasteiger charge is 2.29. The van der Waals surface area contributed by atoms with Crippen LogP contribution in [-0.2, 0) is 0 Å². The highest BCUT2D eigenvalue weighted by molar-refractivity contribution is 5.44. The molecule has 0 aliphatic carbocycles. The Kier molecular flexibility index (Phi) is 4.64. The van der Waals surface area contributed by atoms with Gasteiger partial charge in [0.15, 0.2) is 0 Å². The molecule has 0 N–H and O–H groups in total. The van der Waals surface area contributed by atoms with Gasteiger partial charge in [-0.05, 0) is 12.5 Å². The Morgan fingerprint density at radius 2 is 1.92 bits per heavy atom. The van der Waals surface area contributed by atoms with Gasteiger partial charge in [-0.2, -0.15) is 9.97 Å². The summed E-state index contributed by atoms with van der Waals surface area (Å²) in [6.07, 6.45) is 4.53. The summed E-state index contributed by atoms with van der Waals surface area (Å²) in [6, 6.07) is 3.98. The van der Waals surface area contributed by atoms with Gasteiger partial charge in [-0.15, -0.1) is 0 Å². The summed E-state index contributed by atoms with van der Waals surface area (Å²) in [5, 5.41) is 0. The third-order valence-electron chi connectivity index (χ3n) is 4.22. The van der Waals surface area contributed by atoms with E-state index in [9.17, 15) is 0 Å². The number of ether oxygens (including phenoxy) is 1. The molecule has 1 unspecified atom stereocenters. The summed E-state index contributed by atoms with van der Waals surface area (Å²) >= 11 is 0. The fourth-order valence-electron chi connectivity index (χ4n) is 2.76. The van der Waals surface area contributed by atoms with E-state index in [-0.39, 0.29) is 0 Å². The summed E-state index contributed by atoms with van der Waals surface area (Å²) in [4.78, 5) is 24.1. The van der Waals surface area contributed by atoms with E-state index < -0.39 is 0 Å². The molecule has 0 amide bonds. The van der Waals surface area contributed by atoms with Gasteiger partial charge < -0.3 is 19.4 Å². The molecule has 1 atom stereocenters. The highest BCUT2D eigenvalue weighted by Crippen LogP contribution is 2.23. The first kappa shape index (κ1) is 16.2. The number of nitrogens with zero attached hydrogens (tertiary/aromatic N) is 7. The average molecular weight is 329 g/mol. The van der Waals surface area contributed by atoms with Crippen LogP contribution in [-0.4, -0.2) is 67.3 Å². The van der Waals surface area contributed by atoms with Crippen LogP contribution >= 0.6 is 0 Å². The minimum absolute atomic E-state index is 0.317. The highest BCUT2D eigenvalue weighted by atomic mass is 16.5. The van der Waals surface area contributed by atoms with Crippen molar-refractivity contribution < 1.29 is 4.74 Å². The monoisotopic (exact) mass is 329 g/mol. The van der Waals surface area contributed by atoms with Crippen LogP contribution in [0, 0.1) is 0 Å². The van der Waals surface area contributed by atoms with Crippen molar-refractivity contribution in [1.29, 1.82) is 0 Å². The van der Waals surface area contributed by atoms with Gasteiger partial charge in [-0.25, -0.2) is 9.97 Å². The van der Waals surface area contributed by atoms with E-state index in [1.54, 1.807) is 25.6 Å². The molecule has 3 rings (SSSR count).